The molecule has 0 amide bonds. The average Bonchev–Trinajstić information content (AvgIpc) is 2.80. The van der Waals surface area contributed by atoms with E-state index in [0.717, 1.165) is 31.1 Å². The van der Waals surface area contributed by atoms with Gasteiger partial charge in [0, 0.05) is 19.1 Å². The van der Waals surface area contributed by atoms with Gasteiger partial charge in [0.15, 0.2) is 0 Å². The van der Waals surface area contributed by atoms with Crippen molar-refractivity contribution in [2.75, 3.05) is 13.2 Å². The zero-order valence-electron chi connectivity index (χ0n) is 9.97. The zero-order chi connectivity index (χ0) is 12.5. The predicted molar refractivity (Wildman–Crippen MR) is 63.4 cm³/mol. The smallest absolute Gasteiger partial charge is 0.316 e. The third-order valence-electron chi connectivity index (χ3n) is 3.08. The number of aliphatic carboxylic acids is 1. The molecule has 5 nitrogen and oxygen atoms in total. The van der Waals surface area contributed by atoms with E-state index < -0.39 is 11.4 Å². The van der Waals surface area contributed by atoms with Crippen LogP contribution in [0.1, 0.15) is 42.6 Å². The molecule has 2 heterocycles. The lowest BCUT2D eigenvalue weighted by Gasteiger charge is -2.19. The second kappa shape index (κ2) is 4.70. The van der Waals surface area contributed by atoms with Crippen molar-refractivity contribution in [2.45, 2.75) is 38.0 Å². The van der Waals surface area contributed by atoms with Crippen LogP contribution in [0.5, 0.6) is 0 Å². The van der Waals surface area contributed by atoms with E-state index in [4.69, 9.17) is 9.84 Å². The minimum absolute atomic E-state index is 0.375. The van der Waals surface area contributed by atoms with Gasteiger partial charge >= 0.3 is 5.97 Å². The van der Waals surface area contributed by atoms with Crippen molar-refractivity contribution >= 4 is 17.3 Å². The number of carboxylic acid groups (broad SMARTS) is 1. The number of rotatable bonds is 3. The Morgan fingerprint density at radius 3 is 2.65 bits per heavy atom. The van der Waals surface area contributed by atoms with Crippen molar-refractivity contribution in [3.05, 3.63) is 10.0 Å². The maximum atomic E-state index is 11.1. The summed E-state index contributed by atoms with van der Waals surface area (Å²) in [6.45, 7) is 4.82. The van der Waals surface area contributed by atoms with Gasteiger partial charge in [-0.1, -0.05) is 0 Å². The summed E-state index contributed by atoms with van der Waals surface area (Å²) in [5.41, 5.74) is -0.957. The highest BCUT2D eigenvalue weighted by Crippen LogP contribution is 2.33. The van der Waals surface area contributed by atoms with Gasteiger partial charge in [0.25, 0.3) is 0 Å². The molecule has 0 radical (unpaired) electrons. The topological polar surface area (TPSA) is 72.3 Å². The van der Waals surface area contributed by atoms with Crippen LogP contribution in [0, 0.1) is 0 Å². The summed E-state index contributed by atoms with van der Waals surface area (Å²) in [7, 11) is 0. The highest BCUT2D eigenvalue weighted by atomic mass is 32.1. The maximum absolute atomic E-state index is 11.1. The molecular weight excluding hydrogens is 240 g/mol. The lowest BCUT2D eigenvalue weighted by Crippen LogP contribution is -2.28. The number of carbonyl (C=O) groups is 1. The van der Waals surface area contributed by atoms with Crippen LogP contribution in [0.15, 0.2) is 0 Å². The number of hydrogen-bond acceptors (Lipinski definition) is 5. The second-order valence-corrected chi connectivity index (χ2v) is 5.77. The van der Waals surface area contributed by atoms with Crippen LogP contribution in [0.2, 0.25) is 0 Å². The quantitative estimate of drug-likeness (QED) is 0.892. The predicted octanol–water partition coefficient (Wildman–Crippen LogP) is 1.79. The van der Waals surface area contributed by atoms with E-state index in [-0.39, 0.29) is 0 Å². The highest BCUT2D eigenvalue weighted by Gasteiger charge is 2.34. The molecule has 0 aliphatic carbocycles. The molecule has 0 spiro atoms. The van der Waals surface area contributed by atoms with E-state index in [9.17, 15) is 4.79 Å². The first kappa shape index (κ1) is 12.4. The highest BCUT2D eigenvalue weighted by molar-refractivity contribution is 7.11. The van der Waals surface area contributed by atoms with E-state index in [2.05, 4.69) is 10.2 Å². The monoisotopic (exact) mass is 256 g/mol. The normalized spacial score (nSPS) is 18.2. The Morgan fingerprint density at radius 2 is 2.06 bits per heavy atom. The van der Waals surface area contributed by atoms with Gasteiger partial charge in [-0.3, -0.25) is 4.79 Å². The fourth-order valence-corrected chi connectivity index (χ4v) is 2.79. The molecule has 94 valence electrons. The third-order valence-corrected chi connectivity index (χ3v) is 4.49. The van der Waals surface area contributed by atoms with Gasteiger partial charge in [0.1, 0.15) is 15.4 Å². The Balaban J connectivity index is 2.17. The number of nitrogens with zero attached hydrogens (tertiary/aromatic N) is 2. The SMILES string of the molecule is CC(C)(C(=O)O)c1nnc(C2CCOCC2)s1. The van der Waals surface area contributed by atoms with Crippen LogP contribution < -0.4 is 0 Å². The molecule has 0 saturated carbocycles. The summed E-state index contributed by atoms with van der Waals surface area (Å²) < 4.78 is 5.30. The van der Waals surface area contributed by atoms with Crippen molar-refractivity contribution in [3.8, 4) is 0 Å². The van der Waals surface area contributed by atoms with Gasteiger partial charge in [-0.05, 0) is 26.7 Å². The first-order chi connectivity index (χ1) is 8.01. The van der Waals surface area contributed by atoms with Gasteiger partial charge in [0.2, 0.25) is 0 Å². The minimum Gasteiger partial charge on any atom is -0.481 e. The molecule has 2 rings (SSSR count). The van der Waals surface area contributed by atoms with Crippen molar-refractivity contribution in [1.29, 1.82) is 0 Å². The van der Waals surface area contributed by atoms with Crippen LogP contribution in [0.3, 0.4) is 0 Å². The first-order valence-electron chi connectivity index (χ1n) is 5.67. The number of carboxylic acids is 1. The van der Waals surface area contributed by atoms with Crippen LogP contribution in [-0.4, -0.2) is 34.5 Å². The van der Waals surface area contributed by atoms with E-state index >= 15 is 0 Å². The molecule has 1 aromatic rings. The molecule has 1 aromatic heterocycles. The molecule has 17 heavy (non-hydrogen) atoms. The molecule has 0 aromatic carbocycles. The molecule has 0 bridgehead atoms. The summed E-state index contributed by atoms with van der Waals surface area (Å²) in [6, 6.07) is 0. The summed E-state index contributed by atoms with van der Waals surface area (Å²) in [5.74, 6) is -0.494. The molecule has 1 saturated heterocycles. The molecular formula is C11H16N2O3S. The number of hydrogen-bond donors (Lipinski definition) is 1. The summed E-state index contributed by atoms with van der Waals surface area (Å²) in [5, 5.41) is 18.8. The second-order valence-electron chi connectivity index (χ2n) is 4.76. The standard InChI is InChI=1S/C11H16N2O3S/c1-11(2,10(14)15)9-13-12-8(17-9)7-3-5-16-6-4-7/h7H,3-6H2,1-2H3,(H,14,15). The van der Waals surface area contributed by atoms with Gasteiger partial charge in [-0.15, -0.1) is 21.5 Å². The van der Waals surface area contributed by atoms with Crippen molar-refractivity contribution < 1.29 is 14.6 Å². The Hall–Kier alpha value is -1.01. The molecule has 1 aliphatic heterocycles. The zero-order valence-corrected chi connectivity index (χ0v) is 10.8. The molecule has 1 N–H and O–H groups in total. The summed E-state index contributed by atoms with van der Waals surface area (Å²) in [4.78, 5) is 11.1. The lowest BCUT2D eigenvalue weighted by atomic mass is 9.95. The fourth-order valence-electron chi connectivity index (χ4n) is 1.69. The van der Waals surface area contributed by atoms with Gasteiger partial charge in [-0.2, -0.15) is 0 Å². The molecule has 1 aliphatic rings. The lowest BCUT2D eigenvalue weighted by molar-refractivity contribution is -0.142. The van der Waals surface area contributed by atoms with Crippen LogP contribution in [-0.2, 0) is 14.9 Å². The molecule has 1 fully saturated rings. The molecule has 6 heteroatoms. The van der Waals surface area contributed by atoms with E-state index in [0.29, 0.717) is 10.9 Å². The van der Waals surface area contributed by atoms with Crippen molar-refractivity contribution in [2.24, 2.45) is 0 Å². The summed E-state index contributed by atoms with van der Waals surface area (Å²) in [6.07, 6.45) is 1.89. The van der Waals surface area contributed by atoms with Gasteiger partial charge in [-0.25, -0.2) is 0 Å². The summed E-state index contributed by atoms with van der Waals surface area (Å²) >= 11 is 1.42. The van der Waals surface area contributed by atoms with Gasteiger partial charge in [0.05, 0.1) is 0 Å². The van der Waals surface area contributed by atoms with Crippen molar-refractivity contribution in [1.82, 2.24) is 10.2 Å². The number of aromatic nitrogens is 2. The number of ether oxygens (including phenoxy) is 1. The Morgan fingerprint density at radius 1 is 1.41 bits per heavy atom. The van der Waals surface area contributed by atoms with Gasteiger partial charge < -0.3 is 9.84 Å². The van der Waals surface area contributed by atoms with E-state index in [1.807, 2.05) is 0 Å². The maximum Gasteiger partial charge on any atom is 0.316 e. The van der Waals surface area contributed by atoms with Crippen molar-refractivity contribution in [3.63, 3.8) is 0 Å². The van der Waals surface area contributed by atoms with E-state index in [1.165, 1.54) is 11.3 Å². The third kappa shape index (κ3) is 2.47. The fraction of sp³-hybridized carbons (Fsp3) is 0.727. The van der Waals surface area contributed by atoms with Crippen LogP contribution in [0.25, 0.3) is 0 Å². The van der Waals surface area contributed by atoms with Crippen LogP contribution in [0.4, 0.5) is 0 Å². The first-order valence-corrected chi connectivity index (χ1v) is 6.48. The molecule has 0 unspecified atom stereocenters. The largest absolute Gasteiger partial charge is 0.481 e. The average molecular weight is 256 g/mol. The Kier molecular flexibility index (Phi) is 3.44. The Labute approximate surface area is 104 Å². The van der Waals surface area contributed by atoms with Crippen LogP contribution >= 0.6 is 11.3 Å². The Bertz CT molecular complexity index is 411. The minimum atomic E-state index is -0.957. The van der Waals surface area contributed by atoms with E-state index in [1.54, 1.807) is 13.8 Å². The molecule has 0 atom stereocenters.